The summed E-state index contributed by atoms with van der Waals surface area (Å²) in [6, 6.07) is 3.56. The topological polar surface area (TPSA) is 55.1 Å². The molecule has 3 N–H and O–H groups in total. The normalized spacial score (nSPS) is 13.2. The summed E-state index contributed by atoms with van der Waals surface area (Å²) < 4.78 is 36.8. The van der Waals surface area contributed by atoms with Crippen LogP contribution < -0.4 is 11.1 Å². The zero-order valence-electron chi connectivity index (χ0n) is 9.21. The van der Waals surface area contributed by atoms with Crippen LogP contribution in [-0.2, 0) is 11.0 Å². The van der Waals surface area contributed by atoms with Crippen molar-refractivity contribution < 1.29 is 18.0 Å². The molecule has 0 aromatic heterocycles. The number of carbonyl (C=O) groups is 1. The lowest BCUT2D eigenvalue weighted by atomic mass is 10.2. The van der Waals surface area contributed by atoms with E-state index in [1.54, 1.807) is 6.92 Å². The maximum absolute atomic E-state index is 12.3. The van der Waals surface area contributed by atoms with E-state index < -0.39 is 23.7 Å². The SMILES string of the molecule is CCC(N)C(=O)Nc1ccc(C(F)(F)F)cc1. The van der Waals surface area contributed by atoms with Crippen LogP contribution in [0.1, 0.15) is 18.9 Å². The fourth-order valence-electron chi connectivity index (χ4n) is 1.16. The maximum Gasteiger partial charge on any atom is 0.416 e. The molecule has 1 atom stereocenters. The predicted octanol–water partition coefficient (Wildman–Crippen LogP) is 2.38. The van der Waals surface area contributed by atoms with Crippen molar-refractivity contribution in [1.29, 1.82) is 0 Å². The van der Waals surface area contributed by atoms with E-state index >= 15 is 0 Å². The summed E-state index contributed by atoms with van der Waals surface area (Å²) in [5.41, 5.74) is 5.02. The van der Waals surface area contributed by atoms with Crippen molar-refractivity contribution >= 4 is 11.6 Å². The first-order valence-corrected chi connectivity index (χ1v) is 5.08. The van der Waals surface area contributed by atoms with Gasteiger partial charge in [-0.25, -0.2) is 0 Å². The summed E-state index contributed by atoms with van der Waals surface area (Å²) >= 11 is 0. The summed E-state index contributed by atoms with van der Waals surface area (Å²) in [6.45, 7) is 1.75. The van der Waals surface area contributed by atoms with Gasteiger partial charge in [0, 0.05) is 5.69 Å². The third-order valence-electron chi connectivity index (χ3n) is 2.26. The average Bonchev–Trinajstić information content (AvgIpc) is 2.27. The Morgan fingerprint density at radius 1 is 1.35 bits per heavy atom. The summed E-state index contributed by atoms with van der Waals surface area (Å²) in [5, 5.41) is 2.44. The Morgan fingerprint density at radius 3 is 2.29 bits per heavy atom. The van der Waals surface area contributed by atoms with Gasteiger partial charge in [0.05, 0.1) is 11.6 Å². The van der Waals surface area contributed by atoms with Crippen LogP contribution in [0.5, 0.6) is 0 Å². The number of amides is 1. The summed E-state index contributed by atoms with van der Waals surface area (Å²) in [5.74, 6) is -0.410. The van der Waals surface area contributed by atoms with Gasteiger partial charge < -0.3 is 11.1 Å². The lowest BCUT2D eigenvalue weighted by Gasteiger charge is -2.11. The molecule has 0 aliphatic carbocycles. The smallest absolute Gasteiger partial charge is 0.325 e. The molecule has 3 nitrogen and oxygen atoms in total. The largest absolute Gasteiger partial charge is 0.416 e. The first kappa shape index (κ1) is 13.5. The molecule has 1 aromatic rings. The van der Waals surface area contributed by atoms with Gasteiger partial charge in [-0.3, -0.25) is 4.79 Å². The number of halogens is 3. The molecular weight excluding hydrogens is 233 g/mol. The van der Waals surface area contributed by atoms with Crippen molar-refractivity contribution in [2.75, 3.05) is 5.32 Å². The molecule has 0 fully saturated rings. The maximum atomic E-state index is 12.3. The molecule has 94 valence electrons. The minimum atomic E-state index is -4.37. The van der Waals surface area contributed by atoms with E-state index in [0.29, 0.717) is 12.1 Å². The number of alkyl halides is 3. The van der Waals surface area contributed by atoms with E-state index in [9.17, 15) is 18.0 Å². The van der Waals surface area contributed by atoms with Gasteiger partial charge in [0.15, 0.2) is 0 Å². The predicted molar refractivity (Wildman–Crippen MR) is 58.3 cm³/mol. The van der Waals surface area contributed by atoms with Crippen molar-refractivity contribution in [3.8, 4) is 0 Å². The second-order valence-electron chi connectivity index (χ2n) is 3.58. The molecule has 0 heterocycles. The molecule has 1 aromatic carbocycles. The number of hydrogen-bond acceptors (Lipinski definition) is 2. The highest BCUT2D eigenvalue weighted by Crippen LogP contribution is 2.29. The van der Waals surface area contributed by atoms with Crippen LogP contribution in [0.15, 0.2) is 24.3 Å². The van der Waals surface area contributed by atoms with Crippen LogP contribution in [-0.4, -0.2) is 11.9 Å². The van der Waals surface area contributed by atoms with E-state index in [2.05, 4.69) is 5.32 Å². The quantitative estimate of drug-likeness (QED) is 0.860. The number of rotatable bonds is 3. The monoisotopic (exact) mass is 246 g/mol. The van der Waals surface area contributed by atoms with Gasteiger partial charge in [-0.05, 0) is 30.7 Å². The van der Waals surface area contributed by atoms with Gasteiger partial charge in [-0.15, -0.1) is 0 Å². The number of hydrogen-bond donors (Lipinski definition) is 2. The molecule has 0 aliphatic rings. The molecule has 1 amide bonds. The van der Waals surface area contributed by atoms with E-state index in [0.717, 1.165) is 12.1 Å². The number of benzene rings is 1. The average molecular weight is 246 g/mol. The zero-order valence-corrected chi connectivity index (χ0v) is 9.21. The lowest BCUT2D eigenvalue weighted by Crippen LogP contribution is -2.34. The van der Waals surface area contributed by atoms with Crippen molar-refractivity contribution in [2.24, 2.45) is 5.73 Å². The molecule has 0 bridgehead atoms. The molecule has 0 aliphatic heterocycles. The van der Waals surface area contributed by atoms with Gasteiger partial charge in [0.1, 0.15) is 0 Å². The van der Waals surface area contributed by atoms with E-state index in [1.165, 1.54) is 12.1 Å². The van der Waals surface area contributed by atoms with Crippen molar-refractivity contribution in [2.45, 2.75) is 25.6 Å². The van der Waals surface area contributed by atoms with Crippen LogP contribution in [0, 0.1) is 0 Å². The van der Waals surface area contributed by atoms with Crippen molar-refractivity contribution in [3.05, 3.63) is 29.8 Å². The lowest BCUT2D eigenvalue weighted by molar-refractivity contribution is -0.137. The van der Waals surface area contributed by atoms with Gasteiger partial charge >= 0.3 is 6.18 Å². The Kier molecular flexibility index (Phi) is 4.11. The molecule has 1 rings (SSSR count). The summed E-state index contributed by atoms with van der Waals surface area (Å²) in [7, 11) is 0. The minimum Gasteiger partial charge on any atom is -0.325 e. The third kappa shape index (κ3) is 3.74. The van der Waals surface area contributed by atoms with E-state index in [4.69, 9.17) is 5.73 Å². The Hall–Kier alpha value is -1.56. The summed E-state index contributed by atoms with van der Waals surface area (Å²) in [6.07, 6.45) is -3.91. The molecular formula is C11H13F3N2O. The van der Waals surface area contributed by atoms with Crippen molar-refractivity contribution in [1.82, 2.24) is 0 Å². The molecule has 1 unspecified atom stereocenters. The number of nitrogens with one attached hydrogen (secondary N) is 1. The second-order valence-corrected chi connectivity index (χ2v) is 3.58. The van der Waals surface area contributed by atoms with E-state index in [1.807, 2.05) is 0 Å². The minimum absolute atomic E-state index is 0.298. The van der Waals surface area contributed by atoms with Crippen LogP contribution in [0.25, 0.3) is 0 Å². The van der Waals surface area contributed by atoms with Crippen molar-refractivity contribution in [3.63, 3.8) is 0 Å². The Balaban J connectivity index is 2.73. The Bertz CT molecular complexity index is 387. The zero-order chi connectivity index (χ0) is 13.1. The highest BCUT2D eigenvalue weighted by Gasteiger charge is 2.30. The Labute approximate surface area is 96.8 Å². The van der Waals surface area contributed by atoms with Crippen LogP contribution >= 0.6 is 0 Å². The third-order valence-corrected chi connectivity index (χ3v) is 2.26. The van der Waals surface area contributed by atoms with Crippen LogP contribution in [0.3, 0.4) is 0 Å². The standard InChI is InChI=1S/C11H13F3N2O/c1-2-9(15)10(17)16-8-5-3-7(4-6-8)11(12,13)14/h3-6,9H,2,15H2,1H3,(H,16,17). The van der Waals surface area contributed by atoms with Gasteiger partial charge in [0.25, 0.3) is 0 Å². The van der Waals surface area contributed by atoms with Gasteiger partial charge in [-0.2, -0.15) is 13.2 Å². The number of nitrogens with two attached hydrogens (primary N) is 1. The molecule has 0 radical (unpaired) electrons. The fourth-order valence-corrected chi connectivity index (χ4v) is 1.16. The highest BCUT2D eigenvalue weighted by atomic mass is 19.4. The van der Waals surface area contributed by atoms with E-state index in [-0.39, 0.29) is 0 Å². The first-order valence-electron chi connectivity index (χ1n) is 5.08. The molecule has 17 heavy (non-hydrogen) atoms. The van der Waals surface area contributed by atoms with Gasteiger partial charge in [-0.1, -0.05) is 6.92 Å². The van der Waals surface area contributed by atoms with Crippen LogP contribution in [0.2, 0.25) is 0 Å². The van der Waals surface area contributed by atoms with Crippen LogP contribution in [0.4, 0.5) is 18.9 Å². The molecule has 0 saturated carbocycles. The van der Waals surface area contributed by atoms with Gasteiger partial charge in [0.2, 0.25) is 5.91 Å². The number of carbonyl (C=O) groups excluding carboxylic acids is 1. The summed E-state index contributed by atoms with van der Waals surface area (Å²) in [4.78, 5) is 11.4. The molecule has 6 heteroatoms. The molecule has 0 saturated heterocycles. The second kappa shape index (κ2) is 5.18. The first-order chi connectivity index (χ1) is 7.84. The Morgan fingerprint density at radius 2 is 1.88 bits per heavy atom. The highest BCUT2D eigenvalue weighted by molar-refractivity contribution is 5.94. The fraction of sp³-hybridized carbons (Fsp3) is 0.364. The number of anilines is 1. The molecule has 0 spiro atoms.